The monoisotopic (exact) mass is 443 g/mol. The van der Waals surface area contributed by atoms with E-state index >= 15 is 0 Å². The molecule has 3 aromatic heterocycles. The Labute approximate surface area is 182 Å². The number of ether oxygens (including phenoxy) is 1. The largest absolute Gasteiger partial charge is 0.465 e. The number of pyridine rings is 1. The number of hydrogen-bond acceptors (Lipinski definition) is 8. The first-order chi connectivity index (χ1) is 14.6. The first-order valence-corrected chi connectivity index (χ1v) is 11.4. The fourth-order valence-electron chi connectivity index (χ4n) is 3.47. The summed E-state index contributed by atoms with van der Waals surface area (Å²) in [5, 5.41) is 12.6. The lowest BCUT2D eigenvalue weighted by Gasteiger charge is -2.08. The Morgan fingerprint density at radius 1 is 1.30 bits per heavy atom. The average molecular weight is 444 g/mol. The maximum Gasteiger partial charge on any atom is 0.341 e. The topological polar surface area (TPSA) is 99.0 Å². The zero-order valence-corrected chi connectivity index (χ0v) is 18.3. The number of rotatable bonds is 7. The summed E-state index contributed by atoms with van der Waals surface area (Å²) in [7, 11) is 1.36. The molecular formula is C20H21N5O3S2. The Kier molecular flexibility index (Phi) is 6.14. The van der Waals surface area contributed by atoms with Crippen molar-refractivity contribution < 1.29 is 14.3 Å². The third-order valence-corrected chi connectivity index (χ3v) is 7.00. The third kappa shape index (κ3) is 3.97. The van der Waals surface area contributed by atoms with Gasteiger partial charge in [0.2, 0.25) is 5.91 Å². The predicted octanol–water partition coefficient (Wildman–Crippen LogP) is 3.43. The van der Waals surface area contributed by atoms with Crippen LogP contribution in [0.4, 0.5) is 5.00 Å². The van der Waals surface area contributed by atoms with Gasteiger partial charge in [0.25, 0.3) is 0 Å². The molecule has 0 saturated heterocycles. The lowest BCUT2D eigenvalue weighted by atomic mass is 10.1. The van der Waals surface area contributed by atoms with Gasteiger partial charge in [-0.2, -0.15) is 0 Å². The molecule has 0 fully saturated rings. The van der Waals surface area contributed by atoms with Crippen molar-refractivity contribution >= 4 is 40.0 Å². The molecule has 0 spiro atoms. The Hall–Kier alpha value is -2.72. The molecule has 0 aliphatic heterocycles. The minimum Gasteiger partial charge on any atom is -0.465 e. The van der Waals surface area contributed by atoms with E-state index in [1.165, 1.54) is 30.2 Å². The van der Waals surface area contributed by atoms with Gasteiger partial charge in [0.1, 0.15) is 10.7 Å². The van der Waals surface area contributed by atoms with Crippen LogP contribution < -0.4 is 5.32 Å². The van der Waals surface area contributed by atoms with Crippen LogP contribution in [-0.4, -0.2) is 44.5 Å². The van der Waals surface area contributed by atoms with Crippen molar-refractivity contribution in [2.24, 2.45) is 0 Å². The molecule has 0 aromatic carbocycles. The molecule has 156 valence electrons. The second kappa shape index (κ2) is 8.97. The van der Waals surface area contributed by atoms with Crippen LogP contribution in [0.15, 0.2) is 29.6 Å². The number of amides is 1. The number of methoxy groups -OCH3 is 1. The maximum atomic E-state index is 12.6. The van der Waals surface area contributed by atoms with E-state index in [0.717, 1.165) is 35.4 Å². The van der Waals surface area contributed by atoms with Crippen molar-refractivity contribution in [2.45, 2.75) is 37.9 Å². The number of carbonyl (C=O) groups excluding carboxylic acids is 2. The van der Waals surface area contributed by atoms with Gasteiger partial charge in [0.05, 0.1) is 18.4 Å². The molecule has 3 heterocycles. The number of aromatic nitrogens is 4. The minimum atomic E-state index is -0.400. The van der Waals surface area contributed by atoms with Gasteiger partial charge in [0.15, 0.2) is 11.0 Å². The summed E-state index contributed by atoms with van der Waals surface area (Å²) in [6, 6.07) is 5.62. The van der Waals surface area contributed by atoms with Crippen LogP contribution in [0.25, 0.3) is 11.5 Å². The number of fused-ring (bicyclic) bond motifs is 1. The normalized spacial score (nSPS) is 12.6. The fraction of sp³-hybridized carbons (Fsp3) is 0.350. The molecule has 0 radical (unpaired) electrons. The van der Waals surface area contributed by atoms with Gasteiger partial charge in [-0.15, -0.1) is 21.5 Å². The van der Waals surface area contributed by atoms with Gasteiger partial charge >= 0.3 is 5.97 Å². The van der Waals surface area contributed by atoms with E-state index in [0.29, 0.717) is 28.1 Å². The smallest absolute Gasteiger partial charge is 0.341 e. The molecule has 4 rings (SSSR count). The van der Waals surface area contributed by atoms with Crippen molar-refractivity contribution in [2.75, 3.05) is 18.2 Å². The Morgan fingerprint density at radius 3 is 2.90 bits per heavy atom. The van der Waals surface area contributed by atoms with Crippen molar-refractivity contribution in [3.8, 4) is 11.5 Å². The molecule has 10 heteroatoms. The highest BCUT2D eigenvalue weighted by Gasteiger charge is 2.28. The van der Waals surface area contributed by atoms with Crippen LogP contribution in [0.2, 0.25) is 0 Å². The highest BCUT2D eigenvalue weighted by molar-refractivity contribution is 7.99. The summed E-state index contributed by atoms with van der Waals surface area (Å²) in [5.74, 6) is 0.227. The molecule has 1 aliphatic rings. The quantitative estimate of drug-likeness (QED) is 0.441. The van der Waals surface area contributed by atoms with E-state index in [4.69, 9.17) is 4.74 Å². The van der Waals surface area contributed by atoms with Gasteiger partial charge in [-0.05, 0) is 43.9 Å². The Balaban J connectivity index is 1.47. The van der Waals surface area contributed by atoms with Crippen LogP contribution in [0, 0.1) is 0 Å². The summed E-state index contributed by atoms with van der Waals surface area (Å²) in [5.41, 5.74) is 2.25. The molecule has 30 heavy (non-hydrogen) atoms. The third-order valence-electron chi connectivity index (χ3n) is 4.82. The lowest BCUT2D eigenvalue weighted by molar-refractivity contribution is -0.113. The van der Waals surface area contributed by atoms with E-state index in [2.05, 4.69) is 20.5 Å². The summed E-state index contributed by atoms with van der Waals surface area (Å²) >= 11 is 2.77. The van der Waals surface area contributed by atoms with Crippen molar-refractivity contribution in [1.29, 1.82) is 0 Å². The highest BCUT2D eigenvalue weighted by atomic mass is 32.2. The zero-order chi connectivity index (χ0) is 21.1. The van der Waals surface area contributed by atoms with Gasteiger partial charge in [-0.1, -0.05) is 17.8 Å². The molecule has 0 saturated carbocycles. The van der Waals surface area contributed by atoms with E-state index in [-0.39, 0.29) is 11.7 Å². The summed E-state index contributed by atoms with van der Waals surface area (Å²) in [6.45, 7) is 2.66. The number of aryl methyl sites for hydroxylation is 1. The zero-order valence-electron chi connectivity index (χ0n) is 16.7. The number of carbonyl (C=O) groups is 2. The minimum absolute atomic E-state index is 0.156. The number of esters is 1. The van der Waals surface area contributed by atoms with Gasteiger partial charge in [0, 0.05) is 17.6 Å². The molecule has 1 N–H and O–H groups in total. The van der Waals surface area contributed by atoms with E-state index in [1.807, 2.05) is 29.7 Å². The van der Waals surface area contributed by atoms with Crippen molar-refractivity contribution in [3.63, 3.8) is 0 Å². The number of thiophene rings is 1. The first-order valence-electron chi connectivity index (χ1n) is 9.62. The van der Waals surface area contributed by atoms with E-state index in [1.54, 1.807) is 6.20 Å². The molecular weight excluding hydrogens is 422 g/mol. The summed E-state index contributed by atoms with van der Waals surface area (Å²) in [4.78, 5) is 30.3. The Bertz CT molecular complexity index is 1080. The first kappa shape index (κ1) is 20.5. The van der Waals surface area contributed by atoms with Crippen LogP contribution in [0.1, 0.15) is 34.1 Å². The number of hydrogen-bond donors (Lipinski definition) is 1. The molecule has 1 aliphatic carbocycles. The molecule has 1 amide bonds. The van der Waals surface area contributed by atoms with Crippen molar-refractivity contribution in [1.82, 2.24) is 19.7 Å². The molecule has 3 aromatic rings. The maximum absolute atomic E-state index is 12.6. The lowest BCUT2D eigenvalue weighted by Crippen LogP contribution is -2.16. The molecule has 0 unspecified atom stereocenters. The molecule has 0 bridgehead atoms. The Morgan fingerprint density at radius 2 is 2.17 bits per heavy atom. The molecule has 8 nitrogen and oxygen atoms in total. The predicted molar refractivity (Wildman–Crippen MR) is 116 cm³/mol. The number of anilines is 1. The van der Waals surface area contributed by atoms with Crippen molar-refractivity contribution in [3.05, 3.63) is 40.4 Å². The van der Waals surface area contributed by atoms with Gasteiger partial charge in [-0.25, -0.2) is 4.79 Å². The number of thioether (sulfide) groups is 1. The second-order valence-electron chi connectivity index (χ2n) is 6.66. The second-order valence-corrected chi connectivity index (χ2v) is 8.70. The fourth-order valence-corrected chi connectivity index (χ4v) is 5.56. The summed E-state index contributed by atoms with van der Waals surface area (Å²) < 4.78 is 6.86. The standard InChI is InChI=1S/C20H21N5O3S2/c1-3-25-17(13-8-4-5-10-21-13)23-24-20(25)29-11-15(26)22-18-16(19(27)28-2)12-7-6-9-14(12)30-18/h4-5,8,10H,3,6-7,9,11H2,1-2H3,(H,22,26). The highest BCUT2D eigenvalue weighted by Crippen LogP contribution is 2.39. The molecule has 0 atom stereocenters. The average Bonchev–Trinajstić information content (AvgIpc) is 3.46. The number of nitrogens with one attached hydrogen (secondary N) is 1. The SMILES string of the molecule is CCn1c(SCC(=O)Nc2sc3c(c2C(=O)OC)CCC3)nnc1-c1ccccn1. The van der Waals surface area contributed by atoms with Crippen LogP contribution in [0.3, 0.4) is 0 Å². The van der Waals surface area contributed by atoms with Gasteiger partial charge in [-0.3, -0.25) is 9.78 Å². The summed E-state index contributed by atoms with van der Waals surface area (Å²) in [6.07, 6.45) is 4.52. The van der Waals surface area contributed by atoms with E-state index in [9.17, 15) is 9.59 Å². The number of nitrogens with zero attached hydrogens (tertiary/aromatic N) is 4. The van der Waals surface area contributed by atoms with Crippen LogP contribution in [-0.2, 0) is 28.9 Å². The van der Waals surface area contributed by atoms with E-state index < -0.39 is 5.97 Å². The van der Waals surface area contributed by atoms with Crippen LogP contribution >= 0.6 is 23.1 Å². The van der Waals surface area contributed by atoms with Gasteiger partial charge < -0.3 is 14.6 Å². The van der Waals surface area contributed by atoms with Crippen LogP contribution in [0.5, 0.6) is 0 Å².